The molecule has 4 aromatic rings. The topological polar surface area (TPSA) is 116 Å². The number of hydrogen-bond donors (Lipinski definition) is 1. The molecule has 0 radical (unpaired) electrons. The molecule has 0 aliphatic heterocycles. The number of hydrogen-bond acceptors (Lipinski definition) is 9. The Kier molecular flexibility index (Phi) is 5.88. The fourth-order valence-corrected chi connectivity index (χ4v) is 5.08. The van der Waals surface area contributed by atoms with Gasteiger partial charge in [0.15, 0.2) is 0 Å². The van der Waals surface area contributed by atoms with E-state index in [1.165, 1.54) is 23.1 Å². The summed E-state index contributed by atoms with van der Waals surface area (Å²) in [5.74, 6) is 0.0432. The van der Waals surface area contributed by atoms with Gasteiger partial charge in [-0.25, -0.2) is 9.78 Å². The number of thiophene rings is 1. The summed E-state index contributed by atoms with van der Waals surface area (Å²) in [5.41, 5.74) is 2.25. The van der Waals surface area contributed by atoms with Crippen molar-refractivity contribution in [2.24, 2.45) is 0 Å². The number of nitrogens with one attached hydrogen (secondary N) is 1. The molecular formula is C20H20N6O3S2. The molecule has 0 saturated heterocycles. The average Bonchev–Trinajstić information content (AvgIpc) is 3.32. The van der Waals surface area contributed by atoms with Gasteiger partial charge in [-0.2, -0.15) is 4.68 Å². The average molecular weight is 457 g/mol. The van der Waals surface area contributed by atoms with Crippen LogP contribution in [0, 0.1) is 13.8 Å². The van der Waals surface area contributed by atoms with E-state index in [-0.39, 0.29) is 17.4 Å². The molecule has 0 aliphatic rings. The number of aryl methyl sites for hydroxylation is 2. The molecule has 4 rings (SSSR count). The summed E-state index contributed by atoms with van der Waals surface area (Å²) in [6, 6.07) is 7.86. The molecule has 11 heteroatoms. The van der Waals surface area contributed by atoms with Gasteiger partial charge in [-0.05, 0) is 61.4 Å². The zero-order valence-corrected chi connectivity index (χ0v) is 19.0. The highest BCUT2D eigenvalue weighted by molar-refractivity contribution is 7.99. The third-order valence-electron chi connectivity index (χ3n) is 4.63. The van der Waals surface area contributed by atoms with E-state index in [4.69, 9.17) is 4.74 Å². The van der Waals surface area contributed by atoms with Crippen molar-refractivity contribution >= 4 is 39.3 Å². The van der Waals surface area contributed by atoms with Crippen molar-refractivity contribution in [1.82, 2.24) is 30.2 Å². The van der Waals surface area contributed by atoms with E-state index in [9.17, 15) is 9.59 Å². The second kappa shape index (κ2) is 8.60. The predicted molar refractivity (Wildman–Crippen MR) is 119 cm³/mol. The van der Waals surface area contributed by atoms with E-state index < -0.39 is 5.97 Å². The molecule has 9 nitrogen and oxygen atoms in total. The highest BCUT2D eigenvalue weighted by Gasteiger charge is 2.22. The van der Waals surface area contributed by atoms with Crippen molar-refractivity contribution in [1.29, 1.82) is 0 Å². The molecule has 0 aliphatic carbocycles. The van der Waals surface area contributed by atoms with Crippen LogP contribution in [0.5, 0.6) is 0 Å². The van der Waals surface area contributed by atoms with E-state index in [1.54, 1.807) is 18.5 Å². The van der Waals surface area contributed by atoms with Gasteiger partial charge in [0.1, 0.15) is 15.5 Å². The maximum absolute atomic E-state index is 12.8. The Labute approximate surface area is 185 Å². The SMILES string of the molecule is CCOC(=O)c1sc2nc(C(C)Sc3nnnn3-c3cccc(C)c3)[nH]c(=O)c2c1C. The molecule has 1 N–H and O–H groups in total. The van der Waals surface area contributed by atoms with Crippen LogP contribution in [0.1, 0.15) is 45.7 Å². The minimum atomic E-state index is -0.441. The quantitative estimate of drug-likeness (QED) is 0.346. The fraction of sp³-hybridized carbons (Fsp3) is 0.300. The summed E-state index contributed by atoms with van der Waals surface area (Å²) in [5, 5.41) is 12.8. The van der Waals surface area contributed by atoms with Gasteiger partial charge < -0.3 is 9.72 Å². The number of H-pyrrole nitrogens is 1. The van der Waals surface area contributed by atoms with Gasteiger partial charge >= 0.3 is 5.97 Å². The smallest absolute Gasteiger partial charge is 0.348 e. The van der Waals surface area contributed by atoms with Crippen LogP contribution in [-0.2, 0) is 4.74 Å². The molecule has 160 valence electrons. The highest BCUT2D eigenvalue weighted by Crippen LogP contribution is 2.34. The van der Waals surface area contributed by atoms with Crippen molar-refractivity contribution in [3.8, 4) is 5.69 Å². The molecule has 0 bridgehead atoms. The first-order valence-corrected chi connectivity index (χ1v) is 11.3. The molecule has 0 fully saturated rings. The molecule has 3 aromatic heterocycles. The van der Waals surface area contributed by atoms with Gasteiger partial charge in [-0.15, -0.1) is 16.4 Å². The summed E-state index contributed by atoms with van der Waals surface area (Å²) in [7, 11) is 0. The Hall–Kier alpha value is -3.05. The Morgan fingerprint density at radius 2 is 2.16 bits per heavy atom. The third-order valence-corrected chi connectivity index (χ3v) is 6.84. The largest absolute Gasteiger partial charge is 0.462 e. The number of aromatic nitrogens is 6. The first kappa shape index (κ1) is 21.2. The zero-order chi connectivity index (χ0) is 22.1. The Balaban J connectivity index is 1.67. The van der Waals surface area contributed by atoms with Crippen molar-refractivity contribution in [3.05, 3.63) is 56.4 Å². The maximum atomic E-state index is 12.8. The number of rotatable bonds is 6. The lowest BCUT2D eigenvalue weighted by Gasteiger charge is -2.10. The van der Waals surface area contributed by atoms with Gasteiger partial charge in [-0.3, -0.25) is 4.79 Å². The minimum absolute atomic E-state index is 0.236. The number of tetrazole rings is 1. The van der Waals surface area contributed by atoms with Gasteiger partial charge in [0, 0.05) is 0 Å². The number of carbonyl (C=O) groups is 1. The molecule has 1 aromatic carbocycles. The van der Waals surface area contributed by atoms with Crippen LogP contribution in [0.2, 0.25) is 0 Å². The summed E-state index contributed by atoms with van der Waals surface area (Å²) >= 11 is 2.55. The van der Waals surface area contributed by atoms with Crippen molar-refractivity contribution in [3.63, 3.8) is 0 Å². The lowest BCUT2D eigenvalue weighted by atomic mass is 10.2. The fourth-order valence-electron chi connectivity index (χ4n) is 3.13. The van der Waals surface area contributed by atoms with Gasteiger partial charge in [0.25, 0.3) is 5.56 Å². The van der Waals surface area contributed by atoms with E-state index in [1.807, 2.05) is 38.1 Å². The first-order valence-electron chi connectivity index (χ1n) is 9.61. The van der Waals surface area contributed by atoms with Gasteiger partial charge in [0.05, 0.1) is 22.9 Å². The number of thioether (sulfide) groups is 1. The van der Waals surface area contributed by atoms with Crippen LogP contribution in [0.15, 0.2) is 34.2 Å². The highest BCUT2D eigenvalue weighted by atomic mass is 32.2. The van der Waals surface area contributed by atoms with Crippen LogP contribution in [0.3, 0.4) is 0 Å². The van der Waals surface area contributed by atoms with Crippen LogP contribution in [-0.4, -0.2) is 42.8 Å². The first-order chi connectivity index (χ1) is 14.9. The minimum Gasteiger partial charge on any atom is -0.462 e. The zero-order valence-electron chi connectivity index (χ0n) is 17.4. The molecule has 0 saturated carbocycles. The normalized spacial score (nSPS) is 12.3. The lowest BCUT2D eigenvalue weighted by molar-refractivity contribution is 0.0531. The van der Waals surface area contributed by atoms with E-state index in [0.717, 1.165) is 11.3 Å². The predicted octanol–water partition coefficient (Wildman–Crippen LogP) is 3.61. The van der Waals surface area contributed by atoms with Crippen molar-refractivity contribution in [2.75, 3.05) is 6.61 Å². The van der Waals surface area contributed by atoms with Gasteiger partial charge in [-0.1, -0.05) is 23.9 Å². The molecule has 31 heavy (non-hydrogen) atoms. The van der Waals surface area contributed by atoms with Crippen LogP contribution >= 0.6 is 23.1 Å². The third kappa shape index (κ3) is 4.10. The number of esters is 1. The lowest BCUT2D eigenvalue weighted by Crippen LogP contribution is -2.13. The van der Waals surface area contributed by atoms with Crippen LogP contribution < -0.4 is 5.56 Å². The standard InChI is InChI=1S/C20H20N6O3S2/c1-5-29-19(28)15-11(3)14-17(27)21-16(22-18(14)31-15)12(4)30-20-23-24-25-26(20)13-8-6-7-10(2)9-13/h6-9,12H,5H2,1-4H3,(H,21,22,27). The molecule has 0 amide bonds. The molecule has 1 atom stereocenters. The number of nitrogens with zero attached hydrogens (tertiary/aromatic N) is 5. The molecular weight excluding hydrogens is 436 g/mol. The number of fused-ring (bicyclic) bond motifs is 1. The number of carbonyl (C=O) groups excluding carboxylic acids is 1. The summed E-state index contributed by atoms with van der Waals surface area (Å²) < 4.78 is 6.74. The molecule has 3 heterocycles. The molecule has 0 spiro atoms. The number of benzene rings is 1. The van der Waals surface area contributed by atoms with Gasteiger partial charge in [0.2, 0.25) is 5.16 Å². The van der Waals surface area contributed by atoms with Crippen molar-refractivity contribution in [2.45, 2.75) is 38.1 Å². The number of aromatic amines is 1. The summed E-state index contributed by atoms with van der Waals surface area (Å²) in [6.45, 7) is 7.66. The number of ether oxygens (including phenoxy) is 1. The van der Waals surface area contributed by atoms with E-state index in [0.29, 0.717) is 31.6 Å². The Morgan fingerprint density at radius 3 is 2.90 bits per heavy atom. The second-order valence-corrected chi connectivity index (χ2v) is 9.19. The Bertz CT molecular complexity index is 1330. The molecule has 1 unspecified atom stereocenters. The summed E-state index contributed by atoms with van der Waals surface area (Å²) in [6.07, 6.45) is 0. The van der Waals surface area contributed by atoms with Crippen molar-refractivity contribution < 1.29 is 9.53 Å². The second-order valence-electron chi connectivity index (χ2n) is 6.88. The summed E-state index contributed by atoms with van der Waals surface area (Å²) in [4.78, 5) is 33.3. The van der Waals surface area contributed by atoms with Crippen LogP contribution in [0.25, 0.3) is 15.9 Å². The maximum Gasteiger partial charge on any atom is 0.348 e. The Morgan fingerprint density at radius 1 is 1.35 bits per heavy atom. The monoisotopic (exact) mass is 456 g/mol. The van der Waals surface area contributed by atoms with Crippen LogP contribution in [0.4, 0.5) is 0 Å². The van der Waals surface area contributed by atoms with E-state index >= 15 is 0 Å². The van der Waals surface area contributed by atoms with E-state index in [2.05, 4.69) is 25.5 Å².